The molecule has 0 saturated heterocycles. The molecule has 110 valence electrons. The van der Waals surface area contributed by atoms with Gasteiger partial charge in [-0.05, 0) is 48.9 Å². The number of nitrogens with zero attached hydrogens (tertiary/aromatic N) is 1. The van der Waals surface area contributed by atoms with Gasteiger partial charge < -0.3 is 0 Å². The molecule has 2 aromatic rings. The van der Waals surface area contributed by atoms with E-state index in [1.54, 1.807) is 6.92 Å². The zero-order valence-corrected chi connectivity index (χ0v) is 14.2. The molecule has 0 aliphatic carbocycles. The molecule has 0 bridgehead atoms. The number of halogens is 2. The highest BCUT2D eigenvalue weighted by atomic mass is 79.9. The number of nitrogens with one attached hydrogen (secondary N) is 1. The van der Waals surface area contributed by atoms with E-state index in [4.69, 9.17) is 11.6 Å². The van der Waals surface area contributed by atoms with Crippen LogP contribution >= 0.6 is 27.5 Å². The first-order valence-corrected chi connectivity index (χ1v) is 8.61. The fourth-order valence-electron chi connectivity index (χ4n) is 1.57. The van der Waals surface area contributed by atoms with Crippen LogP contribution in [-0.2, 0) is 10.0 Å². The first kappa shape index (κ1) is 16.0. The molecule has 0 atom stereocenters. The first-order chi connectivity index (χ1) is 9.88. The van der Waals surface area contributed by atoms with Gasteiger partial charge in [0.15, 0.2) is 0 Å². The van der Waals surface area contributed by atoms with Crippen molar-refractivity contribution >= 4 is 43.3 Å². The minimum absolute atomic E-state index is 0.109. The second-order valence-electron chi connectivity index (χ2n) is 4.26. The summed E-state index contributed by atoms with van der Waals surface area (Å²) in [5, 5.41) is 4.41. The second kappa shape index (κ2) is 6.60. The Morgan fingerprint density at radius 1 is 1.19 bits per heavy atom. The lowest BCUT2D eigenvalue weighted by molar-refractivity contribution is 0.584. The Balaban J connectivity index is 2.21. The average molecular weight is 388 g/mol. The molecule has 0 amide bonds. The van der Waals surface area contributed by atoms with E-state index in [2.05, 4.69) is 25.9 Å². The van der Waals surface area contributed by atoms with Crippen LogP contribution in [0.25, 0.3) is 0 Å². The maximum absolute atomic E-state index is 12.1. The highest BCUT2D eigenvalue weighted by Gasteiger charge is 2.12. The van der Waals surface area contributed by atoms with Crippen LogP contribution in [0.3, 0.4) is 0 Å². The fourth-order valence-corrected chi connectivity index (χ4v) is 2.96. The number of hydrazone groups is 1. The quantitative estimate of drug-likeness (QED) is 0.640. The Morgan fingerprint density at radius 3 is 2.48 bits per heavy atom. The van der Waals surface area contributed by atoms with E-state index in [0.29, 0.717) is 10.7 Å². The van der Waals surface area contributed by atoms with Crippen LogP contribution in [0, 0.1) is 0 Å². The second-order valence-corrected chi connectivity index (χ2v) is 7.27. The molecule has 0 radical (unpaired) electrons. The van der Waals surface area contributed by atoms with Crippen molar-refractivity contribution in [3.05, 3.63) is 63.6 Å². The molecule has 0 saturated carbocycles. The van der Waals surface area contributed by atoms with E-state index in [9.17, 15) is 8.42 Å². The number of sulfonamides is 1. The molecule has 0 fully saturated rings. The van der Waals surface area contributed by atoms with Gasteiger partial charge in [-0.3, -0.25) is 0 Å². The molecule has 0 heterocycles. The van der Waals surface area contributed by atoms with E-state index in [-0.39, 0.29) is 4.90 Å². The average Bonchev–Trinajstić information content (AvgIpc) is 2.45. The molecule has 4 nitrogen and oxygen atoms in total. The summed E-state index contributed by atoms with van der Waals surface area (Å²) in [5.74, 6) is 0. The molecule has 0 aliphatic rings. The molecule has 0 spiro atoms. The van der Waals surface area contributed by atoms with E-state index in [1.807, 2.05) is 24.3 Å². The van der Waals surface area contributed by atoms with Crippen molar-refractivity contribution in [1.82, 2.24) is 4.83 Å². The third kappa shape index (κ3) is 4.30. The standard InChI is InChI=1S/C14H12BrClN2O2S/c1-10(11-3-2-4-12(15)9-11)17-18-21(19,20)14-7-5-13(16)6-8-14/h2-9,18H,1H3/b17-10-. The van der Waals surface area contributed by atoms with Crippen molar-refractivity contribution < 1.29 is 8.42 Å². The minimum atomic E-state index is -3.70. The Kier molecular flexibility index (Phi) is 5.03. The van der Waals surface area contributed by atoms with Gasteiger partial charge >= 0.3 is 0 Å². The summed E-state index contributed by atoms with van der Waals surface area (Å²) in [4.78, 5) is 2.32. The van der Waals surface area contributed by atoms with Gasteiger partial charge in [0.25, 0.3) is 10.0 Å². The van der Waals surface area contributed by atoms with Gasteiger partial charge in [-0.1, -0.05) is 39.7 Å². The summed E-state index contributed by atoms with van der Waals surface area (Å²) in [6.45, 7) is 1.73. The van der Waals surface area contributed by atoms with Gasteiger partial charge in [-0.15, -0.1) is 0 Å². The van der Waals surface area contributed by atoms with Gasteiger partial charge in [0.05, 0.1) is 10.6 Å². The first-order valence-electron chi connectivity index (χ1n) is 5.96. The van der Waals surface area contributed by atoms with Crippen molar-refractivity contribution in [2.24, 2.45) is 5.10 Å². The highest BCUT2D eigenvalue weighted by molar-refractivity contribution is 9.10. The van der Waals surface area contributed by atoms with Crippen molar-refractivity contribution in [2.75, 3.05) is 0 Å². The van der Waals surface area contributed by atoms with Gasteiger partial charge in [-0.2, -0.15) is 18.4 Å². The van der Waals surface area contributed by atoms with Gasteiger partial charge in [-0.25, -0.2) is 0 Å². The van der Waals surface area contributed by atoms with Gasteiger partial charge in [0, 0.05) is 9.50 Å². The maximum atomic E-state index is 12.1. The van der Waals surface area contributed by atoms with Crippen LogP contribution in [0.2, 0.25) is 5.02 Å². The molecular formula is C14H12BrClN2O2S. The summed E-state index contributed by atoms with van der Waals surface area (Å²) < 4.78 is 25.0. The predicted molar refractivity (Wildman–Crippen MR) is 88.1 cm³/mol. The maximum Gasteiger partial charge on any atom is 0.276 e. The smallest absolute Gasteiger partial charge is 0.200 e. The number of rotatable bonds is 4. The molecular weight excluding hydrogens is 376 g/mol. The minimum Gasteiger partial charge on any atom is -0.200 e. The third-order valence-electron chi connectivity index (χ3n) is 2.70. The van der Waals surface area contributed by atoms with Crippen molar-refractivity contribution in [3.8, 4) is 0 Å². The van der Waals surface area contributed by atoms with Crippen molar-refractivity contribution in [3.63, 3.8) is 0 Å². The zero-order chi connectivity index (χ0) is 15.5. The monoisotopic (exact) mass is 386 g/mol. The van der Waals surface area contributed by atoms with Crippen LogP contribution in [0.1, 0.15) is 12.5 Å². The molecule has 7 heteroatoms. The molecule has 0 unspecified atom stereocenters. The molecule has 0 aliphatic heterocycles. The van der Waals surface area contributed by atoms with Crippen LogP contribution < -0.4 is 4.83 Å². The summed E-state index contributed by atoms with van der Waals surface area (Å²) in [5.41, 5.74) is 1.39. The molecule has 2 rings (SSSR count). The summed E-state index contributed by atoms with van der Waals surface area (Å²) >= 11 is 9.10. The van der Waals surface area contributed by atoms with Crippen LogP contribution in [-0.4, -0.2) is 14.1 Å². The van der Waals surface area contributed by atoms with Gasteiger partial charge in [0.2, 0.25) is 0 Å². The summed E-state index contributed by atoms with van der Waals surface area (Å²) in [7, 11) is -3.70. The zero-order valence-electron chi connectivity index (χ0n) is 11.0. The molecule has 0 aromatic heterocycles. The topological polar surface area (TPSA) is 58.5 Å². The van der Waals surface area contributed by atoms with Crippen LogP contribution in [0.4, 0.5) is 0 Å². The largest absolute Gasteiger partial charge is 0.276 e. The van der Waals surface area contributed by atoms with Crippen molar-refractivity contribution in [1.29, 1.82) is 0 Å². The normalized spacial score (nSPS) is 12.2. The fraction of sp³-hybridized carbons (Fsp3) is 0.0714. The van der Waals surface area contributed by atoms with E-state index in [1.165, 1.54) is 24.3 Å². The molecule has 21 heavy (non-hydrogen) atoms. The lowest BCUT2D eigenvalue weighted by Gasteiger charge is -2.06. The third-order valence-corrected chi connectivity index (χ3v) is 4.67. The van der Waals surface area contributed by atoms with Crippen LogP contribution in [0.5, 0.6) is 0 Å². The summed E-state index contributed by atoms with van der Waals surface area (Å²) in [6, 6.07) is 13.3. The number of hydrogen-bond donors (Lipinski definition) is 1. The lowest BCUT2D eigenvalue weighted by atomic mass is 10.1. The SMILES string of the molecule is C/C(=N/NS(=O)(=O)c1ccc(Cl)cc1)c1cccc(Br)c1. The van der Waals surface area contributed by atoms with E-state index >= 15 is 0 Å². The van der Waals surface area contributed by atoms with E-state index < -0.39 is 10.0 Å². The summed E-state index contributed by atoms with van der Waals surface area (Å²) in [6.07, 6.45) is 0. The predicted octanol–water partition coefficient (Wildman–Crippen LogP) is 3.81. The van der Waals surface area contributed by atoms with Crippen LogP contribution in [0.15, 0.2) is 63.0 Å². The number of benzene rings is 2. The molecule has 2 aromatic carbocycles. The highest BCUT2D eigenvalue weighted by Crippen LogP contribution is 2.15. The Hall–Kier alpha value is -1.37. The Morgan fingerprint density at radius 2 is 1.86 bits per heavy atom. The number of hydrogen-bond acceptors (Lipinski definition) is 3. The van der Waals surface area contributed by atoms with E-state index in [0.717, 1.165) is 10.0 Å². The Bertz CT molecular complexity index is 774. The van der Waals surface area contributed by atoms with Crippen molar-refractivity contribution in [2.45, 2.75) is 11.8 Å². The van der Waals surface area contributed by atoms with Gasteiger partial charge in [0.1, 0.15) is 0 Å². The lowest BCUT2D eigenvalue weighted by Crippen LogP contribution is -2.19. The molecule has 1 N–H and O–H groups in total. The Labute approximate surface area is 137 Å².